The first kappa shape index (κ1) is 15.0. The Morgan fingerprint density at radius 2 is 2.20 bits per heavy atom. The normalized spacial score (nSPS) is 27.2. The summed E-state index contributed by atoms with van der Waals surface area (Å²) in [7, 11) is 0. The summed E-state index contributed by atoms with van der Waals surface area (Å²) in [5.74, 6) is -0.0301. The third kappa shape index (κ3) is 3.19. The van der Waals surface area contributed by atoms with Crippen molar-refractivity contribution in [2.24, 2.45) is 11.1 Å². The first-order valence-corrected chi connectivity index (χ1v) is 7.27. The van der Waals surface area contributed by atoms with Crippen molar-refractivity contribution in [1.82, 2.24) is 5.32 Å². The van der Waals surface area contributed by atoms with Gasteiger partial charge < -0.3 is 16.2 Å². The van der Waals surface area contributed by atoms with E-state index in [2.05, 4.69) is 5.32 Å². The van der Waals surface area contributed by atoms with Crippen molar-refractivity contribution in [3.05, 3.63) is 35.9 Å². The van der Waals surface area contributed by atoms with Crippen molar-refractivity contribution in [3.8, 4) is 0 Å². The molecular weight excluding hydrogens is 252 g/mol. The maximum atomic E-state index is 12.4. The lowest BCUT2D eigenvalue weighted by Crippen LogP contribution is -2.51. The number of carbonyl (C=O) groups excluding carboxylic acids is 1. The van der Waals surface area contributed by atoms with Crippen LogP contribution >= 0.6 is 0 Å². The molecule has 0 heterocycles. The van der Waals surface area contributed by atoms with Gasteiger partial charge in [0.05, 0.1) is 18.1 Å². The van der Waals surface area contributed by atoms with Crippen molar-refractivity contribution in [1.29, 1.82) is 0 Å². The van der Waals surface area contributed by atoms with Gasteiger partial charge in [0.2, 0.25) is 5.91 Å². The van der Waals surface area contributed by atoms with E-state index in [-0.39, 0.29) is 24.6 Å². The van der Waals surface area contributed by atoms with Crippen LogP contribution in [0.15, 0.2) is 30.3 Å². The lowest BCUT2D eigenvalue weighted by atomic mass is 9.84. The molecule has 0 aromatic heterocycles. The molecule has 0 aliphatic heterocycles. The molecule has 1 amide bonds. The van der Waals surface area contributed by atoms with E-state index in [0.29, 0.717) is 6.42 Å². The Morgan fingerprint density at radius 3 is 2.75 bits per heavy atom. The van der Waals surface area contributed by atoms with Crippen molar-refractivity contribution < 1.29 is 9.90 Å². The Kier molecular flexibility index (Phi) is 4.78. The Labute approximate surface area is 120 Å². The van der Waals surface area contributed by atoms with Gasteiger partial charge in [0.1, 0.15) is 0 Å². The summed E-state index contributed by atoms with van der Waals surface area (Å²) in [6.45, 7) is 1.86. The minimum absolute atomic E-state index is 0.0301. The number of nitrogens with one attached hydrogen (secondary N) is 1. The van der Waals surface area contributed by atoms with Crippen LogP contribution in [0.1, 0.15) is 31.7 Å². The van der Waals surface area contributed by atoms with Gasteiger partial charge in [-0.1, -0.05) is 36.8 Å². The summed E-state index contributed by atoms with van der Waals surface area (Å²) >= 11 is 0. The molecule has 2 unspecified atom stereocenters. The number of hydrogen-bond acceptors (Lipinski definition) is 3. The fourth-order valence-corrected chi connectivity index (χ4v) is 2.89. The fraction of sp³-hybridized carbons (Fsp3) is 0.562. The third-order valence-corrected chi connectivity index (χ3v) is 4.43. The molecule has 4 heteroatoms. The van der Waals surface area contributed by atoms with E-state index < -0.39 is 5.41 Å². The second kappa shape index (κ2) is 6.37. The van der Waals surface area contributed by atoms with E-state index in [1.807, 2.05) is 37.3 Å². The van der Waals surface area contributed by atoms with Crippen molar-refractivity contribution in [3.63, 3.8) is 0 Å². The zero-order chi connectivity index (χ0) is 14.6. The summed E-state index contributed by atoms with van der Waals surface area (Å²) in [6, 6.07) is 9.53. The molecule has 0 bridgehead atoms. The number of aliphatic hydroxyl groups is 1. The van der Waals surface area contributed by atoms with Gasteiger partial charge in [0.15, 0.2) is 0 Å². The molecule has 1 saturated carbocycles. The van der Waals surface area contributed by atoms with Crippen molar-refractivity contribution in [2.45, 2.75) is 44.7 Å². The largest absolute Gasteiger partial charge is 0.394 e. The Hall–Kier alpha value is -1.39. The standard InChI is InChI=1S/C16H24N2O2/c1-16(9-5-8-14(16)17)15(20)18-13(11-19)10-12-6-3-2-4-7-12/h2-4,6-7,13-14,19H,5,8-11,17H2,1H3,(H,18,20)/t13-,14?,16?/m1/s1. The van der Waals surface area contributed by atoms with E-state index in [4.69, 9.17) is 5.73 Å². The highest BCUT2D eigenvalue weighted by Crippen LogP contribution is 2.36. The fourth-order valence-electron chi connectivity index (χ4n) is 2.89. The maximum Gasteiger partial charge on any atom is 0.227 e. The van der Waals surface area contributed by atoms with Gasteiger partial charge in [0, 0.05) is 6.04 Å². The zero-order valence-electron chi connectivity index (χ0n) is 12.0. The predicted octanol–water partition coefficient (Wildman–Crippen LogP) is 1.22. The first-order chi connectivity index (χ1) is 9.56. The van der Waals surface area contributed by atoms with E-state index in [0.717, 1.165) is 24.8 Å². The van der Waals surface area contributed by atoms with Crippen LogP contribution in [0.3, 0.4) is 0 Å². The summed E-state index contributed by atoms with van der Waals surface area (Å²) in [6.07, 6.45) is 3.35. The molecule has 110 valence electrons. The van der Waals surface area contributed by atoms with Crippen molar-refractivity contribution >= 4 is 5.91 Å². The highest BCUT2D eigenvalue weighted by molar-refractivity contribution is 5.83. The third-order valence-electron chi connectivity index (χ3n) is 4.43. The van der Waals surface area contributed by atoms with Crippen LogP contribution in [0, 0.1) is 5.41 Å². The van der Waals surface area contributed by atoms with E-state index in [9.17, 15) is 9.90 Å². The molecular formula is C16H24N2O2. The number of nitrogens with two attached hydrogens (primary N) is 1. The summed E-state index contributed by atoms with van der Waals surface area (Å²) in [5, 5.41) is 12.4. The molecule has 4 N–H and O–H groups in total. The SMILES string of the molecule is CC1(C(=O)N[C@@H](CO)Cc2ccccc2)CCCC1N. The molecule has 1 aromatic carbocycles. The molecule has 20 heavy (non-hydrogen) atoms. The minimum Gasteiger partial charge on any atom is -0.394 e. The molecule has 1 fully saturated rings. The van der Waals surface area contributed by atoms with Crippen LogP contribution in [0.5, 0.6) is 0 Å². The molecule has 2 rings (SSSR count). The van der Waals surface area contributed by atoms with Gasteiger partial charge in [-0.25, -0.2) is 0 Å². The van der Waals surface area contributed by atoms with Crippen LogP contribution in [0.4, 0.5) is 0 Å². The highest BCUT2D eigenvalue weighted by Gasteiger charge is 2.43. The molecule has 0 radical (unpaired) electrons. The van der Waals surface area contributed by atoms with Gasteiger partial charge >= 0.3 is 0 Å². The van der Waals surface area contributed by atoms with Gasteiger partial charge in [-0.2, -0.15) is 0 Å². The second-order valence-corrected chi connectivity index (χ2v) is 5.96. The molecule has 1 aliphatic rings. The highest BCUT2D eigenvalue weighted by atomic mass is 16.3. The average molecular weight is 276 g/mol. The van der Waals surface area contributed by atoms with Gasteiger partial charge in [-0.15, -0.1) is 0 Å². The van der Waals surface area contributed by atoms with Gasteiger partial charge in [-0.05, 0) is 31.7 Å². The van der Waals surface area contributed by atoms with Crippen molar-refractivity contribution in [2.75, 3.05) is 6.61 Å². The van der Waals surface area contributed by atoms with E-state index in [1.165, 1.54) is 0 Å². The molecule has 1 aromatic rings. The Morgan fingerprint density at radius 1 is 1.50 bits per heavy atom. The molecule has 0 saturated heterocycles. The zero-order valence-corrected chi connectivity index (χ0v) is 12.0. The number of benzene rings is 1. The number of rotatable bonds is 5. The predicted molar refractivity (Wildman–Crippen MR) is 79.1 cm³/mol. The average Bonchev–Trinajstić information content (AvgIpc) is 2.80. The molecule has 3 atom stereocenters. The smallest absolute Gasteiger partial charge is 0.227 e. The van der Waals surface area contributed by atoms with E-state index in [1.54, 1.807) is 0 Å². The lowest BCUT2D eigenvalue weighted by molar-refractivity contribution is -0.131. The number of carbonyl (C=O) groups is 1. The topological polar surface area (TPSA) is 75.3 Å². The Bertz CT molecular complexity index is 449. The molecule has 0 spiro atoms. The van der Waals surface area contributed by atoms with Crippen LogP contribution in [0.2, 0.25) is 0 Å². The molecule has 4 nitrogen and oxygen atoms in total. The monoisotopic (exact) mass is 276 g/mol. The summed E-state index contributed by atoms with van der Waals surface area (Å²) in [4.78, 5) is 12.4. The van der Waals surface area contributed by atoms with Gasteiger partial charge in [-0.3, -0.25) is 4.79 Å². The molecule has 1 aliphatic carbocycles. The number of amides is 1. The second-order valence-electron chi connectivity index (χ2n) is 5.96. The number of hydrogen-bond donors (Lipinski definition) is 3. The first-order valence-electron chi connectivity index (χ1n) is 7.27. The minimum atomic E-state index is -0.496. The Balaban J connectivity index is 1.98. The van der Waals surface area contributed by atoms with Crippen LogP contribution in [-0.2, 0) is 11.2 Å². The van der Waals surface area contributed by atoms with E-state index >= 15 is 0 Å². The van der Waals surface area contributed by atoms with Gasteiger partial charge in [0.25, 0.3) is 0 Å². The quantitative estimate of drug-likeness (QED) is 0.757. The summed E-state index contributed by atoms with van der Waals surface area (Å²) in [5.41, 5.74) is 6.67. The number of aliphatic hydroxyl groups excluding tert-OH is 1. The van der Waals surface area contributed by atoms with Crippen LogP contribution < -0.4 is 11.1 Å². The van der Waals surface area contributed by atoms with Crippen LogP contribution in [-0.4, -0.2) is 29.7 Å². The summed E-state index contributed by atoms with van der Waals surface area (Å²) < 4.78 is 0. The van der Waals surface area contributed by atoms with Crippen LogP contribution in [0.25, 0.3) is 0 Å². The lowest BCUT2D eigenvalue weighted by Gasteiger charge is -2.30. The maximum absolute atomic E-state index is 12.4.